The Morgan fingerprint density at radius 2 is 2.18 bits per heavy atom. The maximum absolute atomic E-state index is 5.26. The van der Waals surface area contributed by atoms with Gasteiger partial charge in [-0.1, -0.05) is 0 Å². The van der Waals surface area contributed by atoms with E-state index in [0.29, 0.717) is 25.1 Å². The second-order valence-corrected chi connectivity index (χ2v) is 2.34. The Labute approximate surface area is 64.2 Å². The lowest BCUT2D eigenvalue weighted by Crippen LogP contribution is -2.05. The standard InChI is InChI=1S/C7H8N2O2/c1-5-4-8-7-9-6(5)10-2-3-11-7/h4H,2-3H2,1H3. The molecule has 11 heavy (non-hydrogen) atoms. The van der Waals surface area contributed by atoms with Crippen molar-refractivity contribution in [3.63, 3.8) is 0 Å². The topological polar surface area (TPSA) is 44.2 Å². The van der Waals surface area contributed by atoms with E-state index in [0.717, 1.165) is 5.56 Å². The van der Waals surface area contributed by atoms with Gasteiger partial charge >= 0.3 is 6.01 Å². The molecule has 0 aliphatic carbocycles. The highest BCUT2D eigenvalue weighted by Gasteiger charge is 2.09. The minimum Gasteiger partial charge on any atom is -0.474 e. The van der Waals surface area contributed by atoms with Crippen LogP contribution in [0.2, 0.25) is 0 Å². The summed E-state index contributed by atoms with van der Waals surface area (Å²) in [7, 11) is 0. The molecule has 1 aliphatic heterocycles. The van der Waals surface area contributed by atoms with Crippen LogP contribution in [-0.2, 0) is 0 Å². The Morgan fingerprint density at radius 3 is 3.09 bits per heavy atom. The zero-order valence-electron chi connectivity index (χ0n) is 6.20. The molecule has 1 aromatic rings. The van der Waals surface area contributed by atoms with E-state index in [9.17, 15) is 0 Å². The van der Waals surface area contributed by atoms with Crippen LogP contribution in [0.25, 0.3) is 0 Å². The van der Waals surface area contributed by atoms with Gasteiger partial charge < -0.3 is 9.47 Å². The maximum atomic E-state index is 5.26. The molecular formula is C7H8N2O2. The van der Waals surface area contributed by atoms with Crippen molar-refractivity contribution in [2.24, 2.45) is 0 Å². The number of hydrogen-bond acceptors (Lipinski definition) is 4. The lowest BCUT2D eigenvalue weighted by Gasteiger charge is -2.00. The Kier molecular flexibility index (Phi) is 1.38. The maximum Gasteiger partial charge on any atom is 0.319 e. The van der Waals surface area contributed by atoms with Crippen LogP contribution in [-0.4, -0.2) is 23.2 Å². The van der Waals surface area contributed by atoms with Gasteiger partial charge in [-0.25, -0.2) is 4.98 Å². The molecule has 2 rings (SSSR count). The fraction of sp³-hybridized carbons (Fsp3) is 0.429. The van der Waals surface area contributed by atoms with Crippen LogP contribution in [0.5, 0.6) is 11.9 Å². The monoisotopic (exact) mass is 152 g/mol. The van der Waals surface area contributed by atoms with E-state index < -0.39 is 0 Å². The van der Waals surface area contributed by atoms with Crippen LogP contribution in [0.15, 0.2) is 6.20 Å². The van der Waals surface area contributed by atoms with E-state index in [1.807, 2.05) is 6.92 Å². The summed E-state index contributed by atoms with van der Waals surface area (Å²) in [6.45, 7) is 2.97. The summed E-state index contributed by atoms with van der Waals surface area (Å²) in [4.78, 5) is 7.97. The van der Waals surface area contributed by atoms with Crippen molar-refractivity contribution in [2.45, 2.75) is 6.92 Å². The van der Waals surface area contributed by atoms with Gasteiger partial charge in [0.2, 0.25) is 5.88 Å². The van der Waals surface area contributed by atoms with E-state index in [2.05, 4.69) is 9.97 Å². The van der Waals surface area contributed by atoms with Gasteiger partial charge in [0, 0.05) is 11.8 Å². The predicted octanol–water partition coefficient (Wildman–Crippen LogP) is 0.556. The molecule has 58 valence electrons. The molecule has 0 radical (unpaired) electrons. The van der Waals surface area contributed by atoms with Crippen molar-refractivity contribution in [3.05, 3.63) is 11.8 Å². The van der Waals surface area contributed by atoms with Crippen molar-refractivity contribution in [2.75, 3.05) is 13.2 Å². The van der Waals surface area contributed by atoms with Crippen molar-refractivity contribution >= 4 is 0 Å². The summed E-state index contributed by atoms with van der Waals surface area (Å²) < 4.78 is 10.4. The number of ether oxygens (including phenoxy) is 2. The van der Waals surface area contributed by atoms with E-state index >= 15 is 0 Å². The van der Waals surface area contributed by atoms with Crippen LogP contribution < -0.4 is 9.47 Å². The molecule has 0 amide bonds. The van der Waals surface area contributed by atoms with Crippen LogP contribution in [0.3, 0.4) is 0 Å². The van der Waals surface area contributed by atoms with Gasteiger partial charge in [-0.3, -0.25) is 0 Å². The minimum atomic E-state index is 0.406. The number of fused-ring (bicyclic) bond motifs is 2. The van der Waals surface area contributed by atoms with E-state index in [4.69, 9.17) is 9.47 Å². The molecule has 0 atom stereocenters. The van der Waals surface area contributed by atoms with Gasteiger partial charge in [0.05, 0.1) is 0 Å². The summed E-state index contributed by atoms with van der Waals surface area (Å²) in [6.07, 6.45) is 1.70. The molecule has 1 aromatic heterocycles. The van der Waals surface area contributed by atoms with Gasteiger partial charge in [0.1, 0.15) is 13.2 Å². The summed E-state index contributed by atoms with van der Waals surface area (Å²) in [6, 6.07) is 0.406. The smallest absolute Gasteiger partial charge is 0.319 e. The second kappa shape index (κ2) is 2.38. The lowest BCUT2D eigenvalue weighted by atomic mass is 10.4. The molecule has 0 fully saturated rings. The molecular weight excluding hydrogens is 144 g/mol. The van der Waals surface area contributed by atoms with Gasteiger partial charge in [0.25, 0.3) is 0 Å². The number of nitrogens with zero attached hydrogens (tertiary/aromatic N) is 2. The Bertz CT molecular complexity index is 275. The average Bonchev–Trinajstić information content (AvgIpc) is 2.21. The molecule has 0 aromatic carbocycles. The number of hydrogen-bond donors (Lipinski definition) is 0. The molecule has 0 saturated heterocycles. The number of aromatic nitrogens is 2. The lowest BCUT2D eigenvalue weighted by molar-refractivity contribution is 0.227. The first-order valence-electron chi connectivity index (χ1n) is 3.45. The van der Waals surface area contributed by atoms with Crippen LogP contribution >= 0.6 is 0 Å². The van der Waals surface area contributed by atoms with Crippen LogP contribution in [0.4, 0.5) is 0 Å². The molecule has 4 heteroatoms. The molecule has 2 heterocycles. The summed E-state index contributed by atoms with van der Waals surface area (Å²) in [5.41, 5.74) is 0.944. The molecule has 0 unspecified atom stereocenters. The molecule has 2 bridgehead atoms. The molecule has 4 nitrogen and oxygen atoms in total. The van der Waals surface area contributed by atoms with E-state index in [-0.39, 0.29) is 0 Å². The highest BCUT2D eigenvalue weighted by molar-refractivity contribution is 5.23. The van der Waals surface area contributed by atoms with Crippen molar-refractivity contribution in [1.82, 2.24) is 9.97 Å². The van der Waals surface area contributed by atoms with Gasteiger partial charge in [0.15, 0.2) is 0 Å². The number of aryl methyl sites for hydroxylation is 1. The van der Waals surface area contributed by atoms with Crippen molar-refractivity contribution in [1.29, 1.82) is 0 Å². The van der Waals surface area contributed by atoms with Crippen molar-refractivity contribution in [3.8, 4) is 11.9 Å². The van der Waals surface area contributed by atoms with E-state index in [1.54, 1.807) is 6.20 Å². The fourth-order valence-corrected chi connectivity index (χ4v) is 0.898. The normalized spacial score (nSPS) is 14.6. The average molecular weight is 152 g/mol. The third kappa shape index (κ3) is 1.11. The van der Waals surface area contributed by atoms with Crippen LogP contribution in [0, 0.1) is 6.92 Å². The van der Waals surface area contributed by atoms with Crippen LogP contribution in [0.1, 0.15) is 5.56 Å². The second-order valence-electron chi connectivity index (χ2n) is 2.34. The highest BCUT2D eigenvalue weighted by Crippen LogP contribution is 2.17. The SMILES string of the molecule is Cc1cnc2nc1OCCO2. The van der Waals surface area contributed by atoms with Gasteiger partial charge in [-0.05, 0) is 6.92 Å². The zero-order valence-corrected chi connectivity index (χ0v) is 6.20. The highest BCUT2D eigenvalue weighted by atomic mass is 16.5. The minimum absolute atomic E-state index is 0.406. The summed E-state index contributed by atoms with van der Waals surface area (Å²) in [5.74, 6) is 0.632. The number of rotatable bonds is 0. The van der Waals surface area contributed by atoms with Crippen molar-refractivity contribution < 1.29 is 9.47 Å². The first kappa shape index (κ1) is 6.39. The largest absolute Gasteiger partial charge is 0.474 e. The third-order valence-corrected chi connectivity index (χ3v) is 1.46. The Hall–Kier alpha value is -1.32. The molecule has 0 spiro atoms. The van der Waals surface area contributed by atoms with Gasteiger partial charge in [-0.15, -0.1) is 0 Å². The quantitative estimate of drug-likeness (QED) is 0.544. The molecule has 0 saturated carbocycles. The Morgan fingerprint density at radius 1 is 1.36 bits per heavy atom. The molecule has 0 N–H and O–H groups in total. The first-order chi connectivity index (χ1) is 5.36. The van der Waals surface area contributed by atoms with Gasteiger partial charge in [-0.2, -0.15) is 4.98 Å². The first-order valence-corrected chi connectivity index (χ1v) is 3.45. The fourth-order valence-electron chi connectivity index (χ4n) is 0.898. The van der Waals surface area contributed by atoms with E-state index in [1.165, 1.54) is 0 Å². The molecule has 1 aliphatic rings. The summed E-state index contributed by atoms with van der Waals surface area (Å²) >= 11 is 0. The predicted molar refractivity (Wildman–Crippen MR) is 37.8 cm³/mol. The Balaban J connectivity index is 2.46. The zero-order chi connectivity index (χ0) is 7.68. The summed E-state index contributed by atoms with van der Waals surface area (Å²) in [5, 5.41) is 0. The third-order valence-electron chi connectivity index (χ3n) is 1.46.